The Bertz CT molecular complexity index is 223. The van der Waals surface area contributed by atoms with Crippen molar-refractivity contribution >= 4 is 0 Å². The lowest BCUT2D eigenvalue weighted by Crippen LogP contribution is -2.55. The van der Waals surface area contributed by atoms with Crippen molar-refractivity contribution in [3.63, 3.8) is 0 Å². The van der Waals surface area contributed by atoms with Crippen LogP contribution in [0.5, 0.6) is 0 Å². The van der Waals surface area contributed by atoms with Gasteiger partial charge >= 0.3 is 0 Å². The van der Waals surface area contributed by atoms with E-state index in [0.717, 1.165) is 11.8 Å². The maximum Gasteiger partial charge on any atom is 0.0631 e. The smallest absolute Gasteiger partial charge is 0.0631 e. The minimum atomic E-state index is 0.479. The molecular weight excluding hydrogens is 198 g/mol. The number of methoxy groups -OCH3 is 1. The summed E-state index contributed by atoms with van der Waals surface area (Å²) in [7, 11) is 1.91. The number of nitrogens with one attached hydrogen (secondary N) is 1. The number of piperidine rings is 1. The Morgan fingerprint density at radius 2 is 2.06 bits per heavy atom. The minimum Gasteiger partial charge on any atom is -0.381 e. The highest BCUT2D eigenvalue weighted by atomic mass is 16.5. The summed E-state index contributed by atoms with van der Waals surface area (Å²) in [6.07, 6.45) is 7.25. The van der Waals surface area contributed by atoms with Crippen LogP contribution in [0.3, 0.4) is 0 Å². The van der Waals surface area contributed by atoms with Gasteiger partial charge in [0.2, 0.25) is 0 Å². The Morgan fingerprint density at radius 1 is 1.25 bits per heavy atom. The molecule has 0 aromatic heterocycles. The van der Waals surface area contributed by atoms with E-state index in [4.69, 9.17) is 4.74 Å². The Hall–Kier alpha value is -0.0800. The van der Waals surface area contributed by atoms with Crippen LogP contribution in [0.25, 0.3) is 0 Å². The molecule has 0 aromatic rings. The van der Waals surface area contributed by atoms with Crippen molar-refractivity contribution in [1.29, 1.82) is 0 Å². The Balaban J connectivity index is 2.22. The average Bonchev–Trinajstić information content (AvgIpc) is 2.30. The lowest BCUT2D eigenvalue weighted by molar-refractivity contribution is -0.102. The van der Waals surface area contributed by atoms with E-state index < -0.39 is 0 Å². The van der Waals surface area contributed by atoms with Crippen LogP contribution in [-0.4, -0.2) is 26.3 Å². The molecule has 1 aliphatic carbocycles. The van der Waals surface area contributed by atoms with Crippen molar-refractivity contribution in [1.82, 2.24) is 5.32 Å². The number of hydrogen-bond donors (Lipinski definition) is 1. The van der Waals surface area contributed by atoms with Gasteiger partial charge in [-0.15, -0.1) is 0 Å². The van der Waals surface area contributed by atoms with Gasteiger partial charge < -0.3 is 10.1 Å². The maximum atomic E-state index is 5.84. The molecule has 1 N–H and O–H groups in total. The van der Waals surface area contributed by atoms with Crippen LogP contribution in [0, 0.1) is 17.3 Å². The van der Waals surface area contributed by atoms with E-state index in [2.05, 4.69) is 19.2 Å². The van der Waals surface area contributed by atoms with E-state index in [1.54, 1.807) is 0 Å². The van der Waals surface area contributed by atoms with E-state index in [1.807, 2.05) is 7.11 Å². The fourth-order valence-corrected chi connectivity index (χ4v) is 4.16. The van der Waals surface area contributed by atoms with Crippen molar-refractivity contribution < 1.29 is 4.74 Å². The molecule has 1 saturated carbocycles. The summed E-state index contributed by atoms with van der Waals surface area (Å²) in [5, 5.41) is 3.58. The van der Waals surface area contributed by atoms with Crippen molar-refractivity contribution in [3.05, 3.63) is 0 Å². The molecule has 0 aromatic carbocycles. The third-order valence-electron chi connectivity index (χ3n) is 4.96. The Morgan fingerprint density at radius 3 is 2.75 bits per heavy atom. The lowest BCUT2D eigenvalue weighted by Gasteiger charge is -2.53. The van der Waals surface area contributed by atoms with Gasteiger partial charge in [0.05, 0.1) is 6.10 Å². The third kappa shape index (κ3) is 2.02. The normalized spacial score (nSPS) is 40.5. The molecule has 16 heavy (non-hydrogen) atoms. The van der Waals surface area contributed by atoms with Crippen LogP contribution >= 0.6 is 0 Å². The molecule has 2 heteroatoms. The van der Waals surface area contributed by atoms with Crippen LogP contribution < -0.4 is 5.32 Å². The summed E-state index contributed by atoms with van der Waals surface area (Å²) >= 11 is 0. The van der Waals surface area contributed by atoms with Crippen LogP contribution in [0.15, 0.2) is 0 Å². The van der Waals surface area contributed by atoms with Crippen molar-refractivity contribution in [3.8, 4) is 0 Å². The molecule has 1 saturated heterocycles. The quantitative estimate of drug-likeness (QED) is 0.780. The summed E-state index contributed by atoms with van der Waals surface area (Å²) < 4.78 is 5.84. The molecule has 94 valence electrons. The van der Waals surface area contributed by atoms with Crippen LogP contribution in [0.4, 0.5) is 0 Å². The van der Waals surface area contributed by atoms with Crippen LogP contribution in [0.1, 0.15) is 46.0 Å². The van der Waals surface area contributed by atoms with Crippen molar-refractivity contribution in [2.24, 2.45) is 17.3 Å². The molecule has 0 bridgehead atoms. The first-order chi connectivity index (χ1) is 7.70. The molecule has 2 fully saturated rings. The van der Waals surface area contributed by atoms with Gasteiger partial charge in [-0.05, 0) is 44.2 Å². The van der Waals surface area contributed by atoms with Crippen LogP contribution in [-0.2, 0) is 4.74 Å². The molecule has 2 rings (SSSR count). The van der Waals surface area contributed by atoms with Gasteiger partial charge in [-0.25, -0.2) is 0 Å². The zero-order valence-electron chi connectivity index (χ0n) is 11.1. The molecule has 3 unspecified atom stereocenters. The molecule has 3 atom stereocenters. The van der Waals surface area contributed by atoms with Gasteiger partial charge in [-0.2, -0.15) is 0 Å². The van der Waals surface area contributed by atoms with Crippen LogP contribution in [0.2, 0.25) is 0 Å². The van der Waals surface area contributed by atoms with E-state index in [0.29, 0.717) is 11.5 Å². The van der Waals surface area contributed by atoms with Gasteiger partial charge in [-0.3, -0.25) is 0 Å². The SMILES string of the molecule is COC1CCCCC12CCNCC2C(C)C. The number of hydrogen-bond acceptors (Lipinski definition) is 2. The fraction of sp³-hybridized carbons (Fsp3) is 1.00. The average molecular weight is 225 g/mol. The Kier molecular flexibility index (Phi) is 3.91. The topological polar surface area (TPSA) is 21.3 Å². The predicted octanol–water partition coefficient (Wildman–Crippen LogP) is 2.83. The fourth-order valence-electron chi connectivity index (χ4n) is 4.16. The van der Waals surface area contributed by atoms with Gasteiger partial charge in [0.15, 0.2) is 0 Å². The van der Waals surface area contributed by atoms with E-state index >= 15 is 0 Å². The minimum absolute atomic E-state index is 0.479. The van der Waals surface area contributed by atoms with Gasteiger partial charge in [0.1, 0.15) is 0 Å². The second-order valence-electron chi connectivity index (χ2n) is 6.01. The molecule has 0 radical (unpaired) electrons. The standard InChI is InChI=1S/C14H27NO/c1-11(2)12-10-15-9-8-14(12)7-5-4-6-13(14)16-3/h11-13,15H,4-10H2,1-3H3. The van der Waals surface area contributed by atoms with E-state index in [1.165, 1.54) is 45.2 Å². The molecule has 0 amide bonds. The predicted molar refractivity (Wildman–Crippen MR) is 67.5 cm³/mol. The second-order valence-corrected chi connectivity index (χ2v) is 6.01. The summed E-state index contributed by atoms with van der Waals surface area (Å²) in [6, 6.07) is 0. The van der Waals surface area contributed by atoms with Gasteiger partial charge in [-0.1, -0.05) is 26.7 Å². The van der Waals surface area contributed by atoms with Crippen molar-refractivity contribution in [2.45, 2.75) is 52.1 Å². The molecule has 2 nitrogen and oxygen atoms in total. The highest BCUT2D eigenvalue weighted by Crippen LogP contribution is 2.50. The maximum absolute atomic E-state index is 5.84. The zero-order valence-corrected chi connectivity index (χ0v) is 11.1. The molecule has 1 aliphatic heterocycles. The first kappa shape index (κ1) is 12.4. The first-order valence-corrected chi connectivity index (χ1v) is 6.94. The summed E-state index contributed by atoms with van der Waals surface area (Å²) in [4.78, 5) is 0. The van der Waals surface area contributed by atoms with Gasteiger partial charge in [0, 0.05) is 12.5 Å². The molecule has 1 spiro atoms. The highest BCUT2D eigenvalue weighted by Gasteiger charge is 2.48. The highest BCUT2D eigenvalue weighted by molar-refractivity contribution is 5.00. The molecular formula is C14H27NO. The third-order valence-corrected chi connectivity index (χ3v) is 4.96. The Labute approximate surface area is 100 Å². The molecule has 2 aliphatic rings. The summed E-state index contributed by atoms with van der Waals surface area (Å²) in [5.41, 5.74) is 0.479. The lowest BCUT2D eigenvalue weighted by atomic mass is 9.58. The number of ether oxygens (including phenoxy) is 1. The van der Waals surface area contributed by atoms with E-state index in [-0.39, 0.29) is 0 Å². The first-order valence-electron chi connectivity index (χ1n) is 6.94. The van der Waals surface area contributed by atoms with Gasteiger partial charge in [0.25, 0.3) is 0 Å². The molecule has 1 heterocycles. The summed E-state index contributed by atoms with van der Waals surface area (Å²) in [6.45, 7) is 7.13. The van der Waals surface area contributed by atoms with Crippen molar-refractivity contribution in [2.75, 3.05) is 20.2 Å². The summed E-state index contributed by atoms with van der Waals surface area (Å²) in [5.74, 6) is 1.56. The monoisotopic (exact) mass is 225 g/mol. The number of rotatable bonds is 2. The van der Waals surface area contributed by atoms with E-state index in [9.17, 15) is 0 Å². The largest absolute Gasteiger partial charge is 0.381 e. The zero-order chi connectivity index (χ0) is 11.6. The second kappa shape index (κ2) is 5.05.